The first kappa shape index (κ1) is 21.9. The highest BCUT2D eigenvalue weighted by Gasteiger charge is 2.13. The number of aliphatic imine (C=N–C) groups is 1. The maximum absolute atomic E-state index is 13.0. The zero-order valence-electron chi connectivity index (χ0n) is 17.1. The van der Waals surface area contributed by atoms with Gasteiger partial charge in [-0.05, 0) is 42.3 Å². The second-order valence-corrected chi connectivity index (χ2v) is 8.01. The molecule has 0 aliphatic carbocycles. The molecule has 8 heteroatoms. The van der Waals surface area contributed by atoms with Crippen LogP contribution in [0.15, 0.2) is 41.4 Å². The van der Waals surface area contributed by atoms with Crippen molar-refractivity contribution in [3.63, 3.8) is 0 Å². The van der Waals surface area contributed by atoms with Gasteiger partial charge in [-0.1, -0.05) is 43.7 Å². The van der Waals surface area contributed by atoms with E-state index in [1.807, 2.05) is 19.1 Å². The molecule has 0 atom stereocenters. The van der Waals surface area contributed by atoms with E-state index in [1.54, 1.807) is 31.3 Å². The van der Waals surface area contributed by atoms with Gasteiger partial charge in [0.05, 0.1) is 10.7 Å². The van der Waals surface area contributed by atoms with Crippen molar-refractivity contribution in [3.8, 4) is 10.9 Å². The summed E-state index contributed by atoms with van der Waals surface area (Å²) in [7, 11) is 1.75. The molecule has 0 saturated heterocycles. The van der Waals surface area contributed by atoms with Gasteiger partial charge in [-0.3, -0.25) is 4.99 Å². The molecule has 0 aliphatic heterocycles. The van der Waals surface area contributed by atoms with Crippen molar-refractivity contribution in [2.75, 3.05) is 12.4 Å². The molecule has 0 aliphatic rings. The standard InChI is InChI=1S/C22H22ClFN4OS/c1-13(2)21(25-4)26-18-11-14(3)19(12-17(18)23)29-22-27-20(28-30-22)10-7-15-5-8-16(24)9-6-15/h5-13H,1-4H3,(H,25,26)/b10-7+. The Hall–Kier alpha value is -2.77. The number of rotatable bonds is 6. The molecule has 1 heterocycles. The van der Waals surface area contributed by atoms with E-state index in [9.17, 15) is 4.39 Å². The zero-order chi connectivity index (χ0) is 21.7. The van der Waals surface area contributed by atoms with Gasteiger partial charge in [0, 0.05) is 30.6 Å². The number of halogens is 2. The predicted molar refractivity (Wildman–Crippen MR) is 123 cm³/mol. The van der Waals surface area contributed by atoms with Crippen molar-refractivity contribution in [2.45, 2.75) is 20.8 Å². The fraction of sp³-hybridized carbons (Fsp3) is 0.227. The Morgan fingerprint density at radius 1 is 1.23 bits per heavy atom. The van der Waals surface area contributed by atoms with Gasteiger partial charge < -0.3 is 10.1 Å². The number of aromatic nitrogens is 2. The molecule has 0 spiro atoms. The molecule has 0 radical (unpaired) electrons. The normalized spacial score (nSPS) is 12.0. The highest BCUT2D eigenvalue weighted by Crippen LogP contribution is 2.34. The van der Waals surface area contributed by atoms with E-state index in [4.69, 9.17) is 16.3 Å². The minimum absolute atomic E-state index is 0.255. The number of aryl methyl sites for hydroxylation is 1. The highest BCUT2D eigenvalue weighted by molar-refractivity contribution is 7.07. The summed E-state index contributed by atoms with van der Waals surface area (Å²) in [4.78, 5) is 8.63. The molecular formula is C22H22ClFN4OS. The molecule has 1 aromatic heterocycles. The lowest BCUT2D eigenvalue weighted by atomic mass is 10.1. The molecule has 0 amide bonds. The summed E-state index contributed by atoms with van der Waals surface area (Å²) in [6.45, 7) is 6.06. The lowest BCUT2D eigenvalue weighted by molar-refractivity contribution is 0.475. The van der Waals surface area contributed by atoms with E-state index in [-0.39, 0.29) is 11.7 Å². The van der Waals surface area contributed by atoms with Crippen LogP contribution in [0.4, 0.5) is 10.1 Å². The fourth-order valence-electron chi connectivity index (χ4n) is 2.63. The van der Waals surface area contributed by atoms with Gasteiger partial charge in [-0.2, -0.15) is 9.36 Å². The fourth-order valence-corrected chi connectivity index (χ4v) is 3.37. The van der Waals surface area contributed by atoms with Crippen LogP contribution in [-0.2, 0) is 0 Å². The summed E-state index contributed by atoms with van der Waals surface area (Å²) in [5.74, 6) is 1.96. The monoisotopic (exact) mass is 444 g/mol. The van der Waals surface area contributed by atoms with E-state index in [0.717, 1.165) is 34.2 Å². The topological polar surface area (TPSA) is 59.4 Å². The molecule has 0 saturated carbocycles. The van der Waals surface area contributed by atoms with Crippen molar-refractivity contribution in [1.29, 1.82) is 0 Å². The molecule has 5 nitrogen and oxygen atoms in total. The third-order valence-corrected chi connectivity index (χ3v) is 5.15. The molecule has 3 rings (SSSR count). The number of ether oxygens (including phenoxy) is 1. The number of hydrogen-bond donors (Lipinski definition) is 1. The third-order valence-electron chi connectivity index (χ3n) is 4.23. The molecule has 156 valence electrons. The largest absolute Gasteiger partial charge is 0.430 e. The molecule has 0 fully saturated rings. The molecule has 3 aromatic rings. The van der Waals surface area contributed by atoms with E-state index >= 15 is 0 Å². The van der Waals surface area contributed by atoms with Crippen LogP contribution >= 0.6 is 23.1 Å². The first-order valence-electron chi connectivity index (χ1n) is 9.34. The van der Waals surface area contributed by atoms with Gasteiger partial charge in [0.2, 0.25) is 0 Å². The number of anilines is 1. The number of nitrogens with one attached hydrogen (secondary N) is 1. The molecular weight excluding hydrogens is 423 g/mol. The number of benzene rings is 2. The van der Waals surface area contributed by atoms with Crippen LogP contribution in [0.25, 0.3) is 12.2 Å². The van der Waals surface area contributed by atoms with E-state index in [2.05, 4.69) is 33.5 Å². The second-order valence-electron chi connectivity index (χ2n) is 6.89. The average Bonchev–Trinajstić information content (AvgIpc) is 3.16. The van der Waals surface area contributed by atoms with Gasteiger partial charge in [0.15, 0.2) is 5.82 Å². The highest BCUT2D eigenvalue weighted by atomic mass is 35.5. The smallest absolute Gasteiger partial charge is 0.299 e. The first-order chi connectivity index (χ1) is 14.4. The summed E-state index contributed by atoms with van der Waals surface area (Å²) in [5.41, 5.74) is 2.53. The summed E-state index contributed by atoms with van der Waals surface area (Å²) >= 11 is 7.59. The number of nitrogens with zero attached hydrogens (tertiary/aromatic N) is 3. The lowest BCUT2D eigenvalue weighted by Gasteiger charge is -2.15. The van der Waals surface area contributed by atoms with E-state index in [0.29, 0.717) is 21.8 Å². The van der Waals surface area contributed by atoms with Gasteiger partial charge in [-0.25, -0.2) is 4.39 Å². The SMILES string of the molecule is CN=C(Nc1cc(C)c(Oc2nc(/C=C/c3ccc(F)cc3)ns2)cc1Cl)C(C)C. The lowest BCUT2D eigenvalue weighted by Crippen LogP contribution is -2.18. The summed E-state index contributed by atoms with van der Waals surface area (Å²) < 4.78 is 23.1. The average molecular weight is 445 g/mol. The number of amidine groups is 1. The van der Waals surface area contributed by atoms with Crippen molar-refractivity contribution in [2.24, 2.45) is 10.9 Å². The summed E-state index contributed by atoms with van der Waals surface area (Å²) in [5, 5.41) is 4.21. The van der Waals surface area contributed by atoms with Crippen LogP contribution in [0.3, 0.4) is 0 Å². The van der Waals surface area contributed by atoms with Gasteiger partial charge in [-0.15, -0.1) is 0 Å². The Morgan fingerprint density at radius 2 is 1.97 bits per heavy atom. The van der Waals surface area contributed by atoms with Crippen molar-refractivity contribution >= 4 is 46.8 Å². The Balaban J connectivity index is 1.72. The van der Waals surface area contributed by atoms with Crippen LogP contribution < -0.4 is 10.1 Å². The van der Waals surface area contributed by atoms with Crippen LogP contribution in [-0.4, -0.2) is 22.2 Å². The Labute approximate surface area is 184 Å². The molecule has 1 N–H and O–H groups in total. The van der Waals surface area contributed by atoms with Gasteiger partial charge >= 0.3 is 0 Å². The molecule has 0 unspecified atom stereocenters. The maximum atomic E-state index is 13.0. The van der Waals surface area contributed by atoms with Gasteiger partial charge in [0.25, 0.3) is 5.19 Å². The van der Waals surface area contributed by atoms with Crippen LogP contribution in [0.5, 0.6) is 10.9 Å². The number of hydrogen-bond acceptors (Lipinski definition) is 5. The molecule has 30 heavy (non-hydrogen) atoms. The molecule has 2 aromatic carbocycles. The van der Waals surface area contributed by atoms with Crippen molar-refractivity contribution < 1.29 is 9.13 Å². The minimum Gasteiger partial charge on any atom is -0.430 e. The molecule has 0 bridgehead atoms. The quantitative estimate of drug-likeness (QED) is 0.339. The Morgan fingerprint density at radius 3 is 2.63 bits per heavy atom. The van der Waals surface area contributed by atoms with Crippen LogP contribution in [0, 0.1) is 18.7 Å². The zero-order valence-corrected chi connectivity index (χ0v) is 18.7. The van der Waals surface area contributed by atoms with Crippen molar-refractivity contribution in [3.05, 3.63) is 64.2 Å². The predicted octanol–water partition coefficient (Wildman–Crippen LogP) is 6.70. The third kappa shape index (κ3) is 5.64. The second kappa shape index (κ2) is 9.82. The van der Waals surface area contributed by atoms with E-state index < -0.39 is 0 Å². The summed E-state index contributed by atoms with van der Waals surface area (Å²) in [6, 6.07) is 9.85. The summed E-state index contributed by atoms with van der Waals surface area (Å²) in [6.07, 6.45) is 3.57. The van der Waals surface area contributed by atoms with Crippen LogP contribution in [0.1, 0.15) is 30.8 Å². The maximum Gasteiger partial charge on any atom is 0.299 e. The Kier molecular flexibility index (Phi) is 7.18. The van der Waals surface area contributed by atoms with Gasteiger partial charge in [0.1, 0.15) is 17.4 Å². The first-order valence-corrected chi connectivity index (χ1v) is 10.5. The minimum atomic E-state index is -0.271. The van der Waals surface area contributed by atoms with E-state index in [1.165, 1.54) is 12.1 Å². The van der Waals surface area contributed by atoms with Crippen molar-refractivity contribution in [1.82, 2.24) is 9.36 Å². The van der Waals surface area contributed by atoms with Crippen LogP contribution in [0.2, 0.25) is 5.02 Å². The Bertz CT molecular complexity index is 1080.